The van der Waals surface area contributed by atoms with Gasteiger partial charge in [-0.15, -0.1) is 0 Å². The van der Waals surface area contributed by atoms with Crippen LogP contribution in [0.15, 0.2) is 114 Å². The van der Waals surface area contributed by atoms with Gasteiger partial charge in [0.15, 0.2) is 0 Å². The van der Waals surface area contributed by atoms with Crippen molar-refractivity contribution in [3.8, 4) is 5.75 Å². The number of amides is 1. The summed E-state index contributed by atoms with van der Waals surface area (Å²) in [4.78, 5) is 24.0. The van der Waals surface area contributed by atoms with Gasteiger partial charge in [0.05, 0.1) is 5.57 Å². The summed E-state index contributed by atoms with van der Waals surface area (Å²) < 4.78 is 5.95. The molecule has 4 N–H and O–H groups in total. The average Bonchev–Trinajstić information content (AvgIpc) is 2.88. The van der Waals surface area contributed by atoms with Gasteiger partial charge in [0.25, 0.3) is 5.91 Å². The van der Waals surface area contributed by atoms with Gasteiger partial charge in [0.1, 0.15) is 12.4 Å². The second-order valence-electron chi connectivity index (χ2n) is 8.52. The standard InChI is InChI=1S/C31H34N2O4/c1-6-7-9-25(15-23(4)24(5)16-27(18-32)31(35)36)20-37-29-11-8-10-26(17-29)30(34)33-19-28-14-21(2)12-13-22(28)3/h6-18H,1,4,19-20,32H2,2-3,5H3,(H,33,34)(H,35,36)/b9-7-,24-16+,25-15+,27-18+. The van der Waals surface area contributed by atoms with E-state index < -0.39 is 5.97 Å². The van der Waals surface area contributed by atoms with Crippen LogP contribution in [0.5, 0.6) is 5.75 Å². The molecule has 0 aliphatic rings. The van der Waals surface area contributed by atoms with E-state index in [1.165, 1.54) is 6.08 Å². The highest BCUT2D eigenvalue weighted by Gasteiger charge is 2.09. The first-order valence-corrected chi connectivity index (χ1v) is 11.7. The Balaban J connectivity index is 2.12. The van der Waals surface area contributed by atoms with Crippen LogP contribution in [-0.2, 0) is 11.3 Å². The molecule has 1 amide bonds. The van der Waals surface area contributed by atoms with Crippen molar-refractivity contribution in [3.05, 3.63) is 137 Å². The molecule has 2 rings (SSSR count). The van der Waals surface area contributed by atoms with Crippen LogP contribution in [0.2, 0.25) is 0 Å². The van der Waals surface area contributed by atoms with Crippen molar-refractivity contribution >= 4 is 11.9 Å². The van der Waals surface area contributed by atoms with E-state index in [-0.39, 0.29) is 18.1 Å². The molecule has 0 aliphatic heterocycles. The summed E-state index contributed by atoms with van der Waals surface area (Å²) in [6, 6.07) is 13.1. The number of nitrogens with two attached hydrogens (primary N) is 1. The molecule has 6 heteroatoms. The molecule has 0 spiro atoms. The second kappa shape index (κ2) is 14.1. The summed E-state index contributed by atoms with van der Waals surface area (Å²) in [6.45, 7) is 14.2. The van der Waals surface area contributed by atoms with E-state index in [2.05, 4.69) is 24.5 Å². The van der Waals surface area contributed by atoms with Gasteiger partial charge >= 0.3 is 5.97 Å². The number of aryl methyl sites for hydroxylation is 2. The Kier molecular flexibility index (Phi) is 10.9. The highest BCUT2D eigenvalue weighted by molar-refractivity contribution is 5.94. The SMILES string of the molecule is C=C/C=C\C(=C/C(=C)/C(C)=C/C(=C\N)C(=O)O)COc1cccc(C(=O)NCc2cc(C)ccc2C)c1. The first kappa shape index (κ1) is 28.7. The molecular formula is C31H34N2O4. The maximum atomic E-state index is 12.8. The molecule has 0 unspecified atom stereocenters. The van der Waals surface area contributed by atoms with E-state index in [9.17, 15) is 14.7 Å². The molecule has 0 atom stereocenters. The molecule has 2 aromatic rings. The number of carboxylic acid groups (broad SMARTS) is 1. The largest absolute Gasteiger partial charge is 0.489 e. The summed E-state index contributed by atoms with van der Waals surface area (Å²) >= 11 is 0. The Morgan fingerprint density at radius 3 is 2.57 bits per heavy atom. The molecule has 0 aromatic heterocycles. The van der Waals surface area contributed by atoms with Crippen LogP contribution in [0, 0.1) is 13.8 Å². The predicted octanol–water partition coefficient (Wildman–Crippen LogP) is 5.71. The molecule has 6 nitrogen and oxygen atoms in total. The van der Waals surface area contributed by atoms with Gasteiger partial charge < -0.3 is 20.9 Å². The first-order chi connectivity index (χ1) is 17.6. The molecule has 2 aromatic carbocycles. The average molecular weight is 499 g/mol. The molecule has 0 saturated carbocycles. The zero-order valence-corrected chi connectivity index (χ0v) is 21.6. The van der Waals surface area contributed by atoms with E-state index in [4.69, 9.17) is 10.5 Å². The topological polar surface area (TPSA) is 102 Å². The highest BCUT2D eigenvalue weighted by atomic mass is 16.5. The van der Waals surface area contributed by atoms with Crippen molar-refractivity contribution in [1.82, 2.24) is 5.32 Å². The molecular weight excluding hydrogens is 464 g/mol. The quantitative estimate of drug-likeness (QED) is 0.257. The van der Waals surface area contributed by atoms with Crippen LogP contribution in [0.25, 0.3) is 0 Å². The minimum Gasteiger partial charge on any atom is -0.489 e. The van der Waals surface area contributed by atoms with Crippen molar-refractivity contribution < 1.29 is 19.4 Å². The van der Waals surface area contributed by atoms with Crippen molar-refractivity contribution in [2.45, 2.75) is 27.3 Å². The van der Waals surface area contributed by atoms with Crippen LogP contribution >= 0.6 is 0 Å². The van der Waals surface area contributed by atoms with E-state index in [0.717, 1.165) is 28.5 Å². The summed E-state index contributed by atoms with van der Waals surface area (Å²) in [7, 11) is 0. The zero-order valence-electron chi connectivity index (χ0n) is 21.6. The maximum absolute atomic E-state index is 12.8. The number of ether oxygens (including phenoxy) is 1. The van der Waals surface area contributed by atoms with Gasteiger partial charge in [-0.05, 0) is 79.0 Å². The van der Waals surface area contributed by atoms with Gasteiger partial charge in [-0.1, -0.05) is 61.2 Å². The van der Waals surface area contributed by atoms with Crippen molar-refractivity contribution in [2.24, 2.45) is 5.73 Å². The summed E-state index contributed by atoms with van der Waals surface area (Å²) in [5.41, 5.74) is 11.2. The fourth-order valence-electron chi connectivity index (χ4n) is 3.34. The number of aliphatic carboxylic acids is 1. The first-order valence-electron chi connectivity index (χ1n) is 11.7. The van der Waals surface area contributed by atoms with Crippen LogP contribution in [0.1, 0.15) is 34.0 Å². The third-order valence-corrected chi connectivity index (χ3v) is 5.56. The Hall–Kier alpha value is -4.58. The third kappa shape index (κ3) is 9.18. The van der Waals surface area contributed by atoms with Crippen LogP contribution in [-0.4, -0.2) is 23.6 Å². The molecule has 0 bridgehead atoms. The smallest absolute Gasteiger partial charge is 0.337 e. The molecule has 0 radical (unpaired) electrons. The Morgan fingerprint density at radius 1 is 1.14 bits per heavy atom. The zero-order chi connectivity index (χ0) is 27.4. The monoisotopic (exact) mass is 498 g/mol. The Morgan fingerprint density at radius 2 is 1.89 bits per heavy atom. The minimum absolute atomic E-state index is 0.0286. The van der Waals surface area contributed by atoms with Crippen LogP contribution in [0.3, 0.4) is 0 Å². The van der Waals surface area contributed by atoms with E-state index in [1.807, 2.05) is 32.1 Å². The van der Waals surface area contributed by atoms with Gasteiger partial charge in [-0.25, -0.2) is 4.79 Å². The molecule has 0 aliphatic carbocycles. The van der Waals surface area contributed by atoms with Crippen LogP contribution in [0.4, 0.5) is 0 Å². The molecule has 0 heterocycles. The minimum atomic E-state index is -1.12. The lowest BCUT2D eigenvalue weighted by Crippen LogP contribution is -2.23. The van der Waals surface area contributed by atoms with Crippen LogP contribution < -0.4 is 15.8 Å². The number of rotatable bonds is 12. The lowest BCUT2D eigenvalue weighted by atomic mass is 10.0. The van der Waals surface area contributed by atoms with E-state index >= 15 is 0 Å². The highest BCUT2D eigenvalue weighted by Crippen LogP contribution is 2.18. The summed E-state index contributed by atoms with van der Waals surface area (Å²) in [5.74, 6) is -0.772. The second-order valence-corrected chi connectivity index (χ2v) is 8.52. The van der Waals surface area contributed by atoms with E-state index in [1.54, 1.807) is 49.4 Å². The summed E-state index contributed by atoms with van der Waals surface area (Å²) in [5, 5.41) is 12.1. The van der Waals surface area contributed by atoms with E-state index in [0.29, 0.717) is 29.0 Å². The number of nitrogens with one attached hydrogen (secondary N) is 1. The molecule has 192 valence electrons. The van der Waals surface area contributed by atoms with Crippen molar-refractivity contribution in [1.29, 1.82) is 0 Å². The normalized spacial score (nSPS) is 12.4. The maximum Gasteiger partial charge on any atom is 0.337 e. The molecule has 0 saturated heterocycles. The summed E-state index contributed by atoms with van der Waals surface area (Å²) in [6.07, 6.45) is 9.51. The van der Waals surface area contributed by atoms with Gasteiger partial charge in [-0.2, -0.15) is 0 Å². The number of carbonyl (C=O) groups excluding carboxylic acids is 1. The predicted molar refractivity (Wildman–Crippen MR) is 149 cm³/mol. The number of carbonyl (C=O) groups is 2. The van der Waals surface area contributed by atoms with Gasteiger partial charge in [0, 0.05) is 18.3 Å². The fraction of sp³-hybridized carbons (Fsp3) is 0.161. The lowest BCUT2D eigenvalue weighted by Gasteiger charge is -2.11. The van der Waals surface area contributed by atoms with Gasteiger partial charge in [-0.3, -0.25) is 4.79 Å². The number of allylic oxidation sites excluding steroid dienone is 5. The molecule has 37 heavy (non-hydrogen) atoms. The van der Waals surface area contributed by atoms with Crippen molar-refractivity contribution in [3.63, 3.8) is 0 Å². The Labute approximate surface area is 218 Å². The molecule has 0 fully saturated rings. The number of carboxylic acids is 1. The van der Waals surface area contributed by atoms with Gasteiger partial charge in [0.2, 0.25) is 0 Å². The number of benzene rings is 2. The third-order valence-electron chi connectivity index (χ3n) is 5.56. The number of hydrogen-bond donors (Lipinski definition) is 3. The fourth-order valence-corrected chi connectivity index (χ4v) is 3.34. The lowest BCUT2D eigenvalue weighted by molar-refractivity contribution is -0.132. The Bertz CT molecular complexity index is 1300. The van der Waals surface area contributed by atoms with Crippen molar-refractivity contribution in [2.75, 3.05) is 6.61 Å². The number of hydrogen-bond acceptors (Lipinski definition) is 4.